The number of benzene rings is 1. The number of pyridine rings is 1. The van der Waals surface area contributed by atoms with Crippen LogP contribution in [0.1, 0.15) is 19.4 Å². The van der Waals surface area contributed by atoms with E-state index in [9.17, 15) is 13.2 Å². The molecule has 0 fully saturated rings. The van der Waals surface area contributed by atoms with Crippen molar-refractivity contribution in [1.29, 1.82) is 0 Å². The standard InChI is InChI=1S/C17H16F3N3O/c1-10(2)23(3)14-9-21-7-6-12(14)16-22-13-8-11(17(18,19)20)4-5-15(13)24-16/h4-10H,1-3H3. The minimum Gasteiger partial charge on any atom is -0.436 e. The predicted octanol–water partition coefficient (Wildman–Crippen LogP) is 4.75. The Morgan fingerprint density at radius 2 is 1.92 bits per heavy atom. The van der Waals surface area contributed by atoms with Crippen molar-refractivity contribution in [1.82, 2.24) is 9.97 Å². The number of nitrogens with zero attached hydrogens (tertiary/aromatic N) is 3. The maximum atomic E-state index is 12.8. The van der Waals surface area contributed by atoms with E-state index in [0.29, 0.717) is 11.1 Å². The van der Waals surface area contributed by atoms with Gasteiger partial charge in [-0.05, 0) is 38.1 Å². The molecule has 0 unspecified atom stereocenters. The Morgan fingerprint density at radius 1 is 1.17 bits per heavy atom. The molecule has 0 N–H and O–H groups in total. The lowest BCUT2D eigenvalue weighted by molar-refractivity contribution is -0.137. The van der Waals surface area contributed by atoms with E-state index >= 15 is 0 Å². The second kappa shape index (κ2) is 5.81. The molecule has 4 nitrogen and oxygen atoms in total. The number of oxazole rings is 1. The average molecular weight is 335 g/mol. The summed E-state index contributed by atoms with van der Waals surface area (Å²) in [6.07, 6.45) is -1.12. The first-order valence-corrected chi connectivity index (χ1v) is 7.42. The van der Waals surface area contributed by atoms with Gasteiger partial charge in [-0.15, -0.1) is 0 Å². The fraction of sp³-hybridized carbons (Fsp3) is 0.294. The Kier molecular flexibility index (Phi) is 3.95. The average Bonchev–Trinajstić information content (AvgIpc) is 2.96. The first-order valence-electron chi connectivity index (χ1n) is 7.42. The molecule has 1 aromatic carbocycles. The molecule has 0 aliphatic heterocycles. The zero-order valence-electron chi connectivity index (χ0n) is 13.4. The summed E-state index contributed by atoms with van der Waals surface area (Å²) >= 11 is 0. The monoisotopic (exact) mass is 335 g/mol. The van der Waals surface area contributed by atoms with Gasteiger partial charge >= 0.3 is 6.18 Å². The van der Waals surface area contributed by atoms with E-state index in [1.54, 1.807) is 18.5 Å². The van der Waals surface area contributed by atoms with Gasteiger partial charge in [-0.3, -0.25) is 4.98 Å². The number of hydrogen-bond donors (Lipinski definition) is 0. The fourth-order valence-electron chi connectivity index (χ4n) is 2.35. The maximum Gasteiger partial charge on any atom is 0.416 e. The minimum absolute atomic E-state index is 0.176. The zero-order valence-corrected chi connectivity index (χ0v) is 13.4. The number of aromatic nitrogens is 2. The third kappa shape index (κ3) is 2.93. The van der Waals surface area contributed by atoms with E-state index < -0.39 is 11.7 Å². The van der Waals surface area contributed by atoms with Crippen LogP contribution in [0.5, 0.6) is 0 Å². The van der Waals surface area contributed by atoms with Gasteiger partial charge in [0.05, 0.1) is 23.0 Å². The van der Waals surface area contributed by atoms with Crippen molar-refractivity contribution < 1.29 is 17.6 Å². The van der Waals surface area contributed by atoms with Gasteiger partial charge in [0.1, 0.15) is 5.52 Å². The molecule has 2 heterocycles. The van der Waals surface area contributed by atoms with Crippen LogP contribution in [0.15, 0.2) is 41.1 Å². The summed E-state index contributed by atoms with van der Waals surface area (Å²) in [5.41, 5.74) is 1.23. The predicted molar refractivity (Wildman–Crippen MR) is 85.8 cm³/mol. The van der Waals surface area contributed by atoms with Gasteiger partial charge in [-0.1, -0.05) is 0 Å². The molecule has 0 aliphatic rings. The van der Waals surface area contributed by atoms with Crippen LogP contribution in [-0.2, 0) is 6.18 Å². The summed E-state index contributed by atoms with van der Waals surface area (Å²) < 4.78 is 44.2. The first kappa shape index (κ1) is 16.3. The van der Waals surface area contributed by atoms with E-state index in [0.717, 1.165) is 17.8 Å². The van der Waals surface area contributed by atoms with Crippen LogP contribution in [0.3, 0.4) is 0 Å². The smallest absolute Gasteiger partial charge is 0.416 e. The van der Waals surface area contributed by atoms with Crippen LogP contribution >= 0.6 is 0 Å². The van der Waals surface area contributed by atoms with Crippen LogP contribution in [-0.4, -0.2) is 23.1 Å². The third-order valence-corrected chi connectivity index (χ3v) is 3.90. The Bertz CT molecular complexity index is 871. The summed E-state index contributed by atoms with van der Waals surface area (Å²) in [5.74, 6) is 0.272. The van der Waals surface area contributed by atoms with E-state index in [4.69, 9.17) is 4.42 Å². The van der Waals surface area contributed by atoms with Gasteiger partial charge < -0.3 is 9.32 Å². The van der Waals surface area contributed by atoms with Gasteiger partial charge in [0.2, 0.25) is 5.89 Å². The number of fused-ring (bicyclic) bond motifs is 1. The fourth-order valence-corrected chi connectivity index (χ4v) is 2.35. The molecule has 0 saturated carbocycles. The quantitative estimate of drug-likeness (QED) is 0.692. The van der Waals surface area contributed by atoms with Gasteiger partial charge in [0.25, 0.3) is 0 Å². The summed E-state index contributed by atoms with van der Waals surface area (Å²) in [7, 11) is 1.91. The summed E-state index contributed by atoms with van der Waals surface area (Å²) in [6, 6.07) is 5.24. The molecule has 24 heavy (non-hydrogen) atoms. The lowest BCUT2D eigenvalue weighted by atomic mass is 10.2. The van der Waals surface area contributed by atoms with E-state index in [1.165, 1.54) is 6.07 Å². The van der Waals surface area contributed by atoms with Crippen molar-refractivity contribution in [3.63, 3.8) is 0 Å². The number of hydrogen-bond acceptors (Lipinski definition) is 4. The second-order valence-corrected chi connectivity index (χ2v) is 5.80. The van der Waals surface area contributed by atoms with Crippen molar-refractivity contribution >= 4 is 16.8 Å². The van der Waals surface area contributed by atoms with Crippen molar-refractivity contribution in [2.75, 3.05) is 11.9 Å². The Labute approximate surface area is 136 Å². The maximum absolute atomic E-state index is 12.8. The highest BCUT2D eigenvalue weighted by molar-refractivity contribution is 5.80. The highest BCUT2D eigenvalue weighted by atomic mass is 19.4. The Morgan fingerprint density at radius 3 is 2.58 bits per heavy atom. The zero-order chi connectivity index (χ0) is 17.5. The SMILES string of the molecule is CC(C)N(C)c1cnccc1-c1nc2cc(C(F)(F)F)ccc2o1. The molecule has 2 aromatic heterocycles. The molecular formula is C17H16F3N3O. The molecule has 7 heteroatoms. The summed E-state index contributed by atoms with van der Waals surface area (Å²) in [5, 5.41) is 0. The normalized spacial score (nSPS) is 12.1. The van der Waals surface area contributed by atoms with Crippen molar-refractivity contribution in [3.05, 3.63) is 42.2 Å². The largest absolute Gasteiger partial charge is 0.436 e. The molecule has 0 bridgehead atoms. The number of anilines is 1. The molecule has 126 valence electrons. The molecule has 0 spiro atoms. The third-order valence-electron chi connectivity index (χ3n) is 3.90. The van der Waals surface area contributed by atoms with Gasteiger partial charge in [-0.2, -0.15) is 13.2 Å². The highest BCUT2D eigenvalue weighted by Gasteiger charge is 2.31. The van der Waals surface area contributed by atoms with E-state index in [1.807, 2.05) is 25.8 Å². The van der Waals surface area contributed by atoms with Gasteiger partial charge in [0, 0.05) is 19.3 Å². The molecule has 3 aromatic rings. The molecule has 0 amide bonds. The van der Waals surface area contributed by atoms with Crippen molar-refractivity contribution in [2.45, 2.75) is 26.1 Å². The summed E-state index contributed by atoms with van der Waals surface area (Å²) in [4.78, 5) is 10.4. The highest BCUT2D eigenvalue weighted by Crippen LogP contribution is 2.35. The van der Waals surface area contributed by atoms with E-state index in [2.05, 4.69) is 9.97 Å². The molecule has 3 rings (SSSR count). The topological polar surface area (TPSA) is 42.2 Å². The molecule has 0 atom stereocenters. The second-order valence-electron chi connectivity index (χ2n) is 5.80. The van der Waals surface area contributed by atoms with Crippen LogP contribution in [0.25, 0.3) is 22.6 Å². The molecule has 0 aliphatic carbocycles. The first-order chi connectivity index (χ1) is 11.3. The van der Waals surface area contributed by atoms with Crippen molar-refractivity contribution in [3.8, 4) is 11.5 Å². The lowest BCUT2D eigenvalue weighted by Crippen LogP contribution is -2.26. The van der Waals surface area contributed by atoms with E-state index in [-0.39, 0.29) is 17.4 Å². The van der Waals surface area contributed by atoms with Gasteiger partial charge in [-0.25, -0.2) is 4.98 Å². The van der Waals surface area contributed by atoms with Crippen LogP contribution in [0.2, 0.25) is 0 Å². The number of halogens is 3. The Hall–Kier alpha value is -2.57. The van der Waals surface area contributed by atoms with Crippen LogP contribution in [0, 0.1) is 0 Å². The number of rotatable bonds is 3. The molecular weight excluding hydrogens is 319 g/mol. The van der Waals surface area contributed by atoms with Crippen LogP contribution < -0.4 is 4.90 Å². The molecule has 0 saturated heterocycles. The van der Waals surface area contributed by atoms with Gasteiger partial charge in [0.15, 0.2) is 5.58 Å². The van der Waals surface area contributed by atoms with Crippen molar-refractivity contribution in [2.24, 2.45) is 0 Å². The van der Waals surface area contributed by atoms with Crippen LogP contribution in [0.4, 0.5) is 18.9 Å². The lowest BCUT2D eigenvalue weighted by Gasteiger charge is -2.24. The molecule has 0 radical (unpaired) electrons. The minimum atomic E-state index is -4.41. The number of alkyl halides is 3. The Balaban J connectivity index is 2.11. The summed E-state index contributed by atoms with van der Waals surface area (Å²) in [6.45, 7) is 4.05.